The second kappa shape index (κ2) is 17.0. The van der Waals surface area contributed by atoms with Crippen LogP contribution in [0.3, 0.4) is 0 Å². The van der Waals surface area contributed by atoms with Gasteiger partial charge in [-0.15, -0.1) is 0 Å². The van der Waals surface area contributed by atoms with Gasteiger partial charge in [0.05, 0.1) is 63.1 Å². The van der Waals surface area contributed by atoms with Crippen LogP contribution in [0.4, 0.5) is 11.4 Å². The smallest absolute Gasteiger partial charge is 0.260 e. The largest absolute Gasteiger partial charge is 0.497 e. The minimum atomic E-state index is -1.35. The van der Waals surface area contributed by atoms with Gasteiger partial charge in [0, 0.05) is 46.1 Å². The number of hydrogen-bond acceptors (Lipinski definition) is 11. The van der Waals surface area contributed by atoms with Crippen LogP contribution < -0.4 is 33.9 Å². The molecule has 4 heterocycles. The SMILES string of the molecule is COc1ccc(C2=CN3C(=O)c4cc(OC)c(OCCOCCOc5cc6c(cc5OC)C(=O)N5CC7(CC7)C[C@H]5C(=O)N6COCC[Si](C)(C)C)cc4NC[C@@H]3C2)cc1. The average Bonchev–Trinajstić information content (AvgIpc) is 3.75. The number of amides is 3. The van der Waals surface area contributed by atoms with Crippen LogP contribution in [0.25, 0.3) is 5.57 Å². The lowest BCUT2D eigenvalue weighted by Crippen LogP contribution is -2.45. The van der Waals surface area contributed by atoms with E-state index in [1.54, 1.807) is 53.2 Å². The minimum Gasteiger partial charge on any atom is -0.497 e. The second-order valence-corrected chi connectivity index (χ2v) is 23.1. The number of carbonyl (C=O) groups is 3. The van der Waals surface area contributed by atoms with Crippen molar-refractivity contribution in [2.75, 3.05) is 84.4 Å². The number of carbonyl (C=O) groups excluding carboxylic acids is 3. The Bertz CT molecular complexity index is 2150. The van der Waals surface area contributed by atoms with Crippen molar-refractivity contribution in [2.24, 2.45) is 5.41 Å². The number of ether oxygens (including phenoxy) is 7. The van der Waals surface area contributed by atoms with E-state index < -0.39 is 14.1 Å². The molecule has 1 aliphatic carbocycles. The zero-order chi connectivity index (χ0) is 42.2. The van der Waals surface area contributed by atoms with Crippen molar-refractivity contribution in [3.8, 4) is 28.7 Å². The van der Waals surface area contributed by atoms with Gasteiger partial charge < -0.3 is 48.3 Å². The Morgan fingerprint density at radius 1 is 0.767 bits per heavy atom. The summed E-state index contributed by atoms with van der Waals surface area (Å²) in [7, 11) is 3.37. The Kier molecular flexibility index (Phi) is 11.8. The van der Waals surface area contributed by atoms with E-state index in [0.29, 0.717) is 71.6 Å². The fraction of sp³-hybridized carbons (Fsp3) is 0.489. The van der Waals surface area contributed by atoms with Gasteiger partial charge in [0.1, 0.15) is 31.7 Å². The summed E-state index contributed by atoms with van der Waals surface area (Å²) in [5.41, 5.74) is 4.26. The maximum absolute atomic E-state index is 14.1. The molecule has 14 nitrogen and oxygen atoms in total. The molecule has 4 aliphatic heterocycles. The van der Waals surface area contributed by atoms with E-state index in [-0.39, 0.29) is 62.3 Å². The van der Waals surface area contributed by atoms with Crippen LogP contribution in [0.5, 0.6) is 28.7 Å². The molecule has 1 saturated carbocycles. The number of anilines is 2. The van der Waals surface area contributed by atoms with Crippen LogP contribution in [-0.4, -0.2) is 122 Å². The van der Waals surface area contributed by atoms with Crippen molar-refractivity contribution in [3.05, 3.63) is 71.4 Å². The lowest BCUT2D eigenvalue weighted by Gasteiger charge is -2.26. The highest BCUT2D eigenvalue weighted by atomic mass is 28.3. The Morgan fingerprint density at radius 2 is 1.45 bits per heavy atom. The van der Waals surface area contributed by atoms with Crippen molar-refractivity contribution < 1.29 is 47.5 Å². The molecule has 2 atom stereocenters. The van der Waals surface area contributed by atoms with E-state index in [2.05, 4.69) is 25.0 Å². The monoisotopic (exact) mass is 840 g/mol. The minimum absolute atomic E-state index is 0.0334. The molecule has 60 heavy (non-hydrogen) atoms. The Labute approximate surface area is 352 Å². The highest BCUT2D eigenvalue weighted by Crippen LogP contribution is 2.56. The van der Waals surface area contributed by atoms with Crippen molar-refractivity contribution >= 4 is 42.7 Å². The summed E-state index contributed by atoms with van der Waals surface area (Å²) in [6.45, 7) is 9.54. The van der Waals surface area contributed by atoms with Gasteiger partial charge in [-0.25, -0.2) is 0 Å². The Hall–Kier alpha value is -5.25. The van der Waals surface area contributed by atoms with Crippen LogP contribution in [0, 0.1) is 5.41 Å². The molecule has 5 aliphatic rings. The van der Waals surface area contributed by atoms with E-state index in [9.17, 15) is 14.4 Å². The van der Waals surface area contributed by atoms with E-state index in [0.717, 1.165) is 42.2 Å². The summed E-state index contributed by atoms with van der Waals surface area (Å²) in [6, 6.07) is 15.2. The molecule has 3 amide bonds. The Balaban J connectivity index is 0.878. The van der Waals surface area contributed by atoms with Crippen molar-refractivity contribution in [3.63, 3.8) is 0 Å². The number of nitrogens with zero attached hydrogens (tertiary/aromatic N) is 3. The molecule has 8 rings (SSSR count). The molecule has 320 valence electrons. The predicted octanol–water partition coefficient (Wildman–Crippen LogP) is 6.52. The molecule has 1 N–H and O–H groups in total. The molecule has 2 fully saturated rings. The summed E-state index contributed by atoms with van der Waals surface area (Å²) in [5, 5.41) is 3.46. The summed E-state index contributed by atoms with van der Waals surface area (Å²) in [4.78, 5) is 47.2. The summed E-state index contributed by atoms with van der Waals surface area (Å²) < 4.78 is 40.9. The maximum atomic E-state index is 14.1. The van der Waals surface area contributed by atoms with Gasteiger partial charge in [-0.05, 0) is 72.5 Å². The first-order chi connectivity index (χ1) is 28.9. The first-order valence-corrected chi connectivity index (χ1v) is 24.5. The molecule has 3 aromatic carbocycles. The third kappa shape index (κ3) is 8.52. The molecule has 3 aromatic rings. The fourth-order valence-electron chi connectivity index (χ4n) is 8.48. The van der Waals surface area contributed by atoms with Crippen LogP contribution >= 0.6 is 0 Å². The number of nitrogens with one attached hydrogen (secondary N) is 1. The third-order valence-corrected chi connectivity index (χ3v) is 13.9. The van der Waals surface area contributed by atoms with Gasteiger partial charge in [0.2, 0.25) is 0 Å². The summed E-state index contributed by atoms with van der Waals surface area (Å²) in [5.74, 6) is 2.12. The van der Waals surface area contributed by atoms with Gasteiger partial charge in [-0.3, -0.25) is 19.3 Å². The molecule has 1 saturated heterocycles. The lowest BCUT2D eigenvalue weighted by molar-refractivity contribution is -0.123. The van der Waals surface area contributed by atoms with Crippen LogP contribution in [0.2, 0.25) is 25.7 Å². The molecular formula is C45H56N4O10Si. The number of methoxy groups -OCH3 is 3. The molecule has 0 unspecified atom stereocenters. The van der Waals surface area contributed by atoms with Crippen molar-refractivity contribution in [1.29, 1.82) is 0 Å². The maximum Gasteiger partial charge on any atom is 0.260 e. The highest BCUT2D eigenvalue weighted by molar-refractivity contribution is 6.76. The summed E-state index contributed by atoms with van der Waals surface area (Å²) in [6.07, 6.45) is 5.43. The number of hydrogen-bond donors (Lipinski definition) is 1. The van der Waals surface area contributed by atoms with Crippen LogP contribution in [0.15, 0.2) is 54.7 Å². The quantitative estimate of drug-likeness (QED) is 0.118. The van der Waals surface area contributed by atoms with Gasteiger partial charge in [-0.2, -0.15) is 0 Å². The molecule has 15 heteroatoms. The molecule has 0 aromatic heterocycles. The van der Waals surface area contributed by atoms with E-state index in [1.165, 1.54) is 7.11 Å². The predicted molar refractivity (Wildman–Crippen MR) is 229 cm³/mol. The second-order valence-electron chi connectivity index (χ2n) is 17.5. The van der Waals surface area contributed by atoms with Crippen LogP contribution in [0.1, 0.15) is 52.0 Å². The topological polar surface area (TPSA) is 138 Å². The summed E-state index contributed by atoms with van der Waals surface area (Å²) >= 11 is 0. The first kappa shape index (κ1) is 41.5. The van der Waals surface area contributed by atoms with Crippen molar-refractivity contribution in [2.45, 2.75) is 63.5 Å². The molecule has 0 bridgehead atoms. The molecule has 0 radical (unpaired) electrons. The Morgan fingerprint density at radius 3 is 2.10 bits per heavy atom. The zero-order valence-corrected chi connectivity index (χ0v) is 36.5. The molecule has 1 spiro atoms. The van der Waals surface area contributed by atoms with E-state index in [4.69, 9.17) is 33.2 Å². The number of fused-ring (bicyclic) bond motifs is 4. The van der Waals surface area contributed by atoms with E-state index in [1.807, 2.05) is 30.5 Å². The number of rotatable bonds is 17. The standard InChI is InChI=1S/C45H56N4O10Si/c1-53-32-9-7-29(8-10-32)30-19-31-25-46-35-22-40(38(54-2)20-33(35)42(50)47(31)26-30)58-15-13-56-14-16-59-41-23-36-34(21-39(41)55-3)43(51)48-27-45(11-12-45)24-37(48)44(52)49(36)28-57-17-18-60(4,5)6/h7-10,20-23,26,31,37,46H,11-19,24-25,27-28H2,1-6H3/t31-,37-/m0/s1. The first-order valence-electron chi connectivity index (χ1n) is 20.8. The molecular weight excluding hydrogens is 785 g/mol. The normalized spacial score (nSPS) is 20.1. The van der Waals surface area contributed by atoms with Gasteiger partial charge in [0.25, 0.3) is 17.7 Å². The van der Waals surface area contributed by atoms with Crippen LogP contribution in [-0.2, 0) is 14.3 Å². The lowest BCUT2D eigenvalue weighted by atomic mass is 10.0. The number of benzene rings is 3. The van der Waals surface area contributed by atoms with Gasteiger partial charge in [-0.1, -0.05) is 31.8 Å². The third-order valence-electron chi connectivity index (χ3n) is 12.2. The fourth-order valence-corrected chi connectivity index (χ4v) is 9.24. The van der Waals surface area contributed by atoms with Crippen molar-refractivity contribution in [1.82, 2.24) is 9.80 Å². The zero-order valence-electron chi connectivity index (χ0n) is 35.5. The van der Waals surface area contributed by atoms with Gasteiger partial charge in [0.15, 0.2) is 23.0 Å². The average molecular weight is 841 g/mol. The van der Waals surface area contributed by atoms with Gasteiger partial charge >= 0.3 is 0 Å². The highest BCUT2D eigenvalue weighted by Gasteiger charge is 2.57. The van der Waals surface area contributed by atoms with E-state index >= 15 is 0 Å².